The predicted molar refractivity (Wildman–Crippen MR) is 107 cm³/mol. The zero-order chi connectivity index (χ0) is 19.1. The van der Waals surface area contributed by atoms with Gasteiger partial charge < -0.3 is 15.0 Å². The number of piperidine rings is 1. The van der Waals surface area contributed by atoms with E-state index in [2.05, 4.69) is 21.4 Å². The molecule has 0 atom stereocenters. The van der Waals surface area contributed by atoms with Gasteiger partial charge in [-0.1, -0.05) is 23.8 Å². The summed E-state index contributed by atoms with van der Waals surface area (Å²) in [6, 6.07) is 8.09. The van der Waals surface area contributed by atoms with E-state index < -0.39 is 0 Å². The molecule has 0 spiro atoms. The Labute approximate surface area is 161 Å². The number of benzene rings is 1. The lowest BCUT2D eigenvalue weighted by molar-refractivity contribution is 0.0724. The maximum atomic E-state index is 13.1. The lowest BCUT2D eigenvalue weighted by atomic mass is 10.0. The highest BCUT2D eigenvalue weighted by atomic mass is 16.5. The molecule has 1 N–H and O–H groups in total. The van der Waals surface area contributed by atoms with E-state index in [4.69, 9.17) is 4.74 Å². The maximum Gasteiger partial charge on any atom is 0.257 e. The SMILES string of the molecule is COCCCNc1ncc(C(=O)N2CCCCC2)c(-c2cccc(C)c2)n1. The first-order valence-corrected chi connectivity index (χ1v) is 9.65. The van der Waals surface area contributed by atoms with Crippen LogP contribution in [-0.4, -0.2) is 54.1 Å². The highest BCUT2D eigenvalue weighted by Gasteiger charge is 2.23. The molecule has 1 amide bonds. The number of ether oxygens (including phenoxy) is 1. The molecular formula is C21H28N4O2. The summed E-state index contributed by atoms with van der Waals surface area (Å²) in [5, 5.41) is 3.22. The van der Waals surface area contributed by atoms with Crippen LogP contribution in [0.25, 0.3) is 11.3 Å². The largest absolute Gasteiger partial charge is 0.385 e. The lowest BCUT2D eigenvalue weighted by Gasteiger charge is -2.27. The molecule has 1 aliphatic rings. The molecule has 27 heavy (non-hydrogen) atoms. The molecule has 1 aromatic heterocycles. The molecule has 1 aromatic carbocycles. The number of nitrogens with one attached hydrogen (secondary N) is 1. The van der Waals surface area contributed by atoms with Crippen LogP contribution in [0.4, 0.5) is 5.95 Å². The van der Waals surface area contributed by atoms with Crippen LogP contribution in [-0.2, 0) is 4.74 Å². The molecule has 2 heterocycles. The van der Waals surface area contributed by atoms with Crippen LogP contribution in [0.1, 0.15) is 41.6 Å². The van der Waals surface area contributed by atoms with Gasteiger partial charge in [0.15, 0.2) is 0 Å². The predicted octanol–water partition coefficient (Wildman–Crippen LogP) is 3.53. The molecule has 0 unspecified atom stereocenters. The van der Waals surface area contributed by atoms with Crippen molar-refractivity contribution < 1.29 is 9.53 Å². The Morgan fingerprint density at radius 2 is 2.07 bits per heavy atom. The zero-order valence-electron chi connectivity index (χ0n) is 16.2. The van der Waals surface area contributed by atoms with Gasteiger partial charge in [0, 0.05) is 45.1 Å². The minimum atomic E-state index is 0.0251. The first-order chi connectivity index (χ1) is 13.2. The van der Waals surface area contributed by atoms with Gasteiger partial charge in [-0.25, -0.2) is 9.97 Å². The van der Waals surface area contributed by atoms with Gasteiger partial charge in [0.25, 0.3) is 5.91 Å². The second kappa shape index (κ2) is 9.46. The minimum Gasteiger partial charge on any atom is -0.385 e. The average Bonchev–Trinajstić information content (AvgIpc) is 2.71. The van der Waals surface area contributed by atoms with Crippen LogP contribution < -0.4 is 5.32 Å². The van der Waals surface area contributed by atoms with Crippen LogP contribution >= 0.6 is 0 Å². The van der Waals surface area contributed by atoms with Gasteiger partial charge >= 0.3 is 0 Å². The number of carbonyl (C=O) groups is 1. The molecule has 0 bridgehead atoms. The van der Waals surface area contributed by atoms with Crippen molar-refractivity contribution in [3.05, 3.63) is 41.6 Å². The third kappa shape index (κ3) is 5.04. The molecule has 0 saturated carbocycles. The van der Waals surface area contributed by atoms with E-state index in [-0.39, 0.29) is 5.91 Å². The summed E-state index contributed by atoms with van der Waals surface area (Å²) in [4.78, 5) is 24.1. The fourth-order valence-electron chi connectivity index (χ4n) is 3.32. The summed E-state index contributed by atoms with van der Waals surface area (Å²) >= 11 is 0. The van der Waals surface area contributed by atoms with Gasteiger partial charge in [-0.05, 0) is 38.7 Å². The topological polar surface area (TPSA) is 67.3 Å². The van der Waals surface area contributed by atoms with E-state index in [0.29, 0.717) is 23.8 Å². The Morgan fingerprint density at radius 3 is 2.81 bits per heavy atom. The number of methoxy groups -OCH3 is 1. The summed E-state index contributed by atoms with van der Waals surface area (Å²) in [6.45, 7) is 5.07. The summed E-state index contributed by atoms with van der Waals surface area (Å²) in [6.07, 6.45) is 5.85. The summed E-state index contributed by atoms with van der Waals surface area (Å²) < 4.78 is 5.07. The number of aryl methyl sites for hydroxylation is 1. The van der Waals surface area contributed by atoms with Crippen molar-refractivity contribution in [2.75, 3.05) is 38.7 Å². The number of hydrogen-bond acceptors (Lipinski definition) is 5. The molecule has 0 radical (unpaired) electrons. The summed E-state index contributed by atoms with van der Waals surface area (Å²) in [5.41, 5.74) is 3.35. The smallest absolute Gasteiger partial charge is 0.257 e. The lowest BCUT2D eigenvalue weighted by Crippen LogP contribution is -2.36. The van der Waals surface area contributed by atoms with Crippen LogP contribution in [0.5, 0.6) is 0 Å². The fourth-order valence-corrected chi connectivity index (χ4v) is 3.32. The van der Waals surface area contributed by atoms with Crippen molar-refractivity contribution in [2.24, 2.45) is 0 Å². The van der Waals surface area contributed by atoms with E-state index in [1.54, 1.807) is 13.3 Å². The number of carbonyl (C=O) groups excluding carboxylic acids is 1. The Hall–Kier alpha value is -2.47. The second-order valence-electron chi connectivity index (χ2n) is 6.95. The van der Waals surface area contributed by atoms with Gasteiger partial charge in [0.05, 0.1) is 11.3 Å². The third-order valence-corrected chi connectivity index (χ3v) is 4.76. The maximum absolute atomic E-state index is 13.1. The molecule has 3 rings (SSSR count). The molecule has 0 aliphatic carbocycles. The highest BCUT2D eigenvalue weighted by molar-refractivity contribution is 5.99. The van der Waals surface area contributed by atoms with Crippen molar-refractivity contribution in [3.8, 4) is 11.3 Å². The van der Waals surface area contributed by atoms with Crippen LogP contribution in [0.3, 0.4) is 0 Å². The Kier molecular flexibility index (Phi) is 6.76. The average molecular weight is 368 g/mol. The molecule has 6 heteroatoms. The van der Waals surface area contributed by atoms with Crippen molar-refractivity contribution >= 4 is 11.9 Å². The van der Waals surface area contributed by atoms with E-state index in [0.717, 1.165) is 50.0 Å². The third-order valence-electron chi connectivity index (χ3n) is 4.76. The molecule has 1 aliphatic heterocycles. The number of rotatable bonds is 7. The number of aromatic nitrogens is 2. The van der Waals surface area contributed by atoms with Gasteiger partial charge in [0.1, 0.15) is 0 Å². The number of anilines is 1. The summed E-state index contributed by atoms with van der Waals surface area (Å²) in [5.74, 6) is 0.565. The molecule has 1 saturated heterocycles. The second-order valence-corrected chi connectivity index (χ2v) is 6.95. The Balaban J connectivity index is 1.90. The Morgan fingerprint density at radius 1 is 1.26 bits per heavy atom. The number of amides is 1. The first-order valence-electron chi connectivity index (χ1n) is 9.65. The summed E-state index contributed by atoms with van der Waals surface area (Å²) in [7, 11) is 1.69. The van der Waals surface area contributed by atoms with E-state index >= 15 is 0 Å². The van der Waals surface area contributed by atoms with Crippen molar-refractivity contribution in [3.63, 3.8) is 0 Å². The molecule has 6 nitrogen and oxygen atoms in total. The monoisotopic (exact) mass is 368 g/mol. The quantitative estimate of drug-likeness (QED) is 0.757. The van der Waals surface area contributed by atoms with Crippen molar-refractivity contribution in [2.45, 2.75) is 32.6 Å². The molecule has 144 valence electrons. The van der Waals surface area contributed by atoms with Crippen LogP contribution in [0.2, 0.25) is 0 Å². The van der Waals surface area contributed by atoms with Crippen molar-refractivity contribution in [1.29, 1.82) is 0 Å². The number of likely N-dealkylation sites (tertiary alicyclic amines) is 1. The zero-order valence-corrected chi connectivity index (χ0v) is 16.2. The van der Waals surface area contributed by atoms with E-state index in [9.17, 15) is 4.79 Å². The van der Waals surface area contributed by atoms with E-state index in [1.807, 2.05) is 30.0 Å². The standard InChI is InChI=1S/C21H28N4O2/c1-16-8-6-9-17(14-16)19-18(20(26)25-11-4-3-5-12-25)15-23-21(24-19)22-10-7-13-27-2/h6,8-9,14-15H,3-5,7,10-13H2,1-2H3,(H,22,23,24). The van der Waals surface area contributed by atoms with Gasteiger partial charge in [0.2, 0.25) is 5.95 Å². The first kappa shape index (κ1) is 19.3. The number of hydrogen-bond donors (Lipinski definition) is 1. The normalized spacial score (nSPS) is 14.2. The minimum absolute atomic E-state index is 0.0251. The van der Waals surface area contributed by atoms with Gasteiger partial charge in [-0.15, -0.1) is 0 Å². The molecule has 1 fully saturated rings. The van der Waals surface area contributed by atoms with E-state index in [1.165, 1.54) is 6.42 Å². The molecule has 2 aromatic rings. The highest BCUT2D eigenvalue weighted by Crippen LogP contribution is 2.25. The van der Waals surface area contributed by atoms with Gasteiger partial charge in [-0.2, -0.15) is 0 Å². The Bertz CT molecular complexity index is 773. The molecular weight excluding hydrogens is 340 g/mol. The van der Waals surface area contributed by atoms with Crippen LogP contribution in [0.15, 0.2) is 30.5 Å². The van der Waals surface area contributed by atoms with Crippen molar-refractivity contribution in [1.82, 2.24) is 14.9 Å². The van der Waals surface area contributed by atoms with Gasteiger partial charge in [-0.3, -0.25) is 4.79 Å². The fraction of sp³-hybridized carbons (Fsp3) is 0.476. The van der Waals surface area contributed by atoms with Crippen LogP contribution in [0, 0.1) is 6.92 Å². The number of nitrogens with zero attached hydrogens (tertiary/aromatic N) is 3.